The quantitative estimate of drug-likeness (QED) is 0.804. The maximum Gasteiger partial charge on any atom is 0.320 e. The Bertz CT molecular complexity index is 848. The second-order valence-electron chi connectivity index (χ2n) is 7.43. The van der Waals surface area contributed by atoms with Crippen LogP contribution in [0.25, 0.3) is 0 Å². The minimum atomic E-state index is -0.767. The Morgan fingerprint density at radius 2 is 1.89 bits per heavy atom. The van der Waals surface area contributed by atoms with Crippen molar-refractivity contribution in [3.8, 4) is 11.5 Å². The van der Waals surface area contributed by atoms with Gasteiger partial charge in [0.1, 0.15) is 6.04 Å². The first-order valence-electron chi connectivity index (χ1n) is 9.74. The third-order valence-corrected chi connectivity index (χ3v) is 5.62. The molecule has 5 heteroatoms. The fraction of sp³-hybridized carbons (Fsp3) is 0.435. The summed E-state index contributed by atoms with van der Waals surface area (Å²) < 4.78 is 11.2. The molecule has 1 heterocycles. The van der Waals surface area contributed by atoms with Crippen LogP contribution in [0.5, 0.6) is 11.5 Å². The third-order valence-electron chi connectivity index (χ3n) is 5.62. The predicted octanol–water partition coefficient (Wildman–Crippen LogP) is 4.35. The molecule has 1 aliphatic rings. The van der Waals surface area contributed by atoms with Crippen molar-refractivity contribution in [3.05, 3.63) is 58.7 Å². The Morgan fingerprint density at radius 3 is 2.57 bits per heavy atom. The highest BCUT2D eigenvalue weighted by atomic mass is 16.5. The molecule has 0 spiro atoms. The topological polar surface area (TPSA) is 59.0 Å². The van der Waals surface area contributed by atoms with E-state index in [0.717, 1.165) is 41.6 Å². The molecule has 1 N–H and O–H groups in total. The number of piperidine rings is 1. The van der Waals surface area contributed by atoms with Gasteiger partial charge in [-0.15, -0.1) is 0 Å². The first-order valence-corrected chi connectivity index (χ1v) is 9.74. The second-order valence-corrected chi connectivity index (χ2v) is 7.43. The van der Waals surface area contributed by atoms with Gasteiger partial charge in [-0.25, -0.2) is 0 Å². The SMILES string of the molecule is COc1cccc(C(c2cc(C)ccc2C)N2CCCCC2C(=O)O)c1OC. The standard InChI is InChI=1S/C23H29NO4/c1-15-11-12-16(2)18(14-15)21(24-13-6-5-9-19(24)23(25)26)17-8-7-10-20(27-3)22(17)28-4/h7-8,10-12,14,19,21H,5-6,9,13H2,1-4H3,(H,25,26). The zero-order chi connectivity index (χ0) is 20.3. The van der Waals surface area contributed by atoms with E-state index in [1.54, 1.807) is 14.2 Å². The van der Waals surface area contributed by atoms with Crippen molar-refractivity contribution in [3.63, 3.8) is 0 Å². The molecule has 28 heavy (non-hydrogen) atoms. The van der Waals surface area contributed by atoms with E-state index in [2.05, 4.69) is 36.9 Å². The molecule has 0 radical (unpaired) electrons. The van der Waals surface area contributed by atoms with Crippen molar-refractivity contribution >= 4 is 5.97 Å². The molecule has 1 saturated heterocycles. The molecular weight excluding hydrogens is 354 g/mol. The van der Waals surface area contributed by atoms with Crippen LogP contribution in [0.2, 0.25) is 0 Å². The summed E-state index contributed by atoms with van der Waals surface area (Å²) >= 11 is 0. The molecule has 0 amide bonds. The van der Waals surface area contributed by atoms with Gasteiger partial charge in [-0.2, -0.15) is 0 Å². The van der Waals surface area contributed by atoms with E-state index in [4.69, 9.17) is 9.47 Å². The average Bonchev–Trinajstić information content (AvgIpc) is 2.70. The first-order chi connectivity index (χ1) is 13.5. The van der Waals surface area contributed by atoms with E-state index in [0.29, 0.717) is 17.9 Å². The number of aliphatic carboxylic acids is 1. The Morgan fingerprint density at radius 1 is 1.11 bits per heavy atom. The van der Waals surface area contributed by atoms with Gasteiger partial charge < -0.3 is 14.6 Å². The number of nitrogens with zero attached hydrogens (tertiary/aromatic N) is 1. The minimum absolute atomic E-state index is 0.216. The number of hydrogen-bond acceptors (Lipinski definition) is 4. The number of hydrogen-bond donors (Lipinski definition) is 1. The molecule has 3 rings (SSSR count). The summed E-state index contributed by atoms with van der Waals surface area (Å²) in [4.78, 5) is 14.2. The Balaban J connectivity index is 2.24. The molecule has 1 aliphatic heterocycles. The third kappa shape index (κ3) is 3.85. The lowest BCUT2D eigenvalue weighted by atomic mass is 9.88. The van der Waals surface area contributed by atoms with Crippen LogP contribution in [0, 0.1) is 13.8 Å². The molecule has 0 aliphatic carbocycles. The number of benzene rings is 2. The lowest BCUT2D eigenvalue weighted by Gasteiger charge is -2.40. The highest BCUT2D eigenvalue weighted by Crippen LogP contribution is 2.43. The van der Waals surface area contributed by atoms with Gasteiger partial charge >= 0.3 is 5.97 Å². The molecule has 150 valence electrons. The first kappa shape index (κ1) is 20.2. The van der Waals surface area contributed by atoms with E-state index in [1.165, 1.54) is 0 Å². The fourth-order valence-corrected chi connectivity index (χ4v) is 4.23. The number of carboxylic acids is 1. The number of rotatable bonds is 6. The second kappa shape index (κ2) is 8.65. The summed E-state index contributed by atoms with van der Waals surface area (Å²) in [6.45, 7) is 4.87. The van der Waals surface area contributed by atoms with Crippen molar-refractivity contribution in [1.82, 2.24) is 4.90 Å². The number of methoxy groups -OCH3 is 2. The van der Waals surface area contributed by atoms with E-state index >= 15 is 0 Å². The number of likely N-dealkylation sites (tertiary alicyclic amines) is 1. The zero-order valence-corrected chi connectivity index (χ0v) is 17.1. The molecular formula is C23H29NO4. The van der Waals surface area contributed by atoms with Crippen LogP contribution in [-0.4, -0.2) is 42.8 Å². The van der Waals surface area contributed by atoms with Crippen LogP contribution in [0.3, 0.4) is 0 Å². The van der Waals surface area contributed by atoms with Gasteiger partial charge in [-0.05, 0) is 50.4 Å². The maximum atomic E-state index is 12.1. The number of para-hydroxylation sites is 1. The van der Waals surface area contributed by atoms with Crippen molar-refractivity contribution in [2.75, 3.05) is 20.8 Å². The van der Waals surface area contributed by atoms with Gasteiger partial charge in [0, 0.05) is 5.56 Å². The van der Waals surface area contributed by atoms with Gasteiger partial charge in [0.15, 0.2) is 11.5 Å². The van der Waals surface area contributed by atoms with Crippen LogP contribution in [-0.2, 0) is 4.79 Å². The number of ether oxygens (including phenoxy) is 2. The summed E-state index contributed by atoms with van der Waals surface area (Å²) in [6.07, 6.45) is 2.57. The fourth-order valence-electron chi connectivity index (χ4n) is 4.23. The summed E-state index contributed by atoms with van der Waals surface area (Å²) in [7, 11) is 3.25. The van der Waals surface area contributed by atoms with Crippen LogP contribution in [0.15, 0.2) is 36.4 Å². The number of carboxylic acid groups (broad SMARTS) is 1. The van der Waals surface area contributed by atoms with Crippen LogP contribution in [0.1, 0.15) is 47.6 Å². The van der Waals surface area contributed by atoms with Crippen molar-refractivity contribution in [2.24, 2.45) is 0 Å². The van der Waals surface area contributed by atoms with Gasteiger partial charge in [-0.1, -0.05) is 42.3 Å². The van der Waals surface area contributed by atoms with E-state index in [1.807, 2.05) is 18.2 Å². The van der Waals surface area contributed by atoms with Crippen molar-refractivity contribution < 1.29 is 19.4 Å². The van der Waals surface area contributed by atoms with Crippen molar-refractivity contribution in [2.45, 2.75) is 45.2 Å². The molecule has 2 aromatic carbocycles. The van der Waals surface area contributed by atoms with Crippen LogP contribution < -0.4 is 9.47 Å². The maximum absolute atomic E-state index is 12.1. The summed E-state index contributed by atoms with van der Waals surface area (Å²) in [5.41, 5.74) is 4.33. The minimum Gasteiger partial charge on any atom is -0.493 e. The highest BCUT2D eigenvalue weighted by molar-refractivity contribution is 5.74. The van der Waals surface area contributed by atoms with Gasteiger partial charge in [-0.3, -0.25) is 9.69 Å². The van der Waals surface area contributed by atoms with E-state index in [-0.39, 0.29) is 6.04 Å². The van der Waals surface area contributed by atoms with Crippen LogP contribution in [0.4, 0.5) is 0 Å². The van der Waals surface area contributed by atoms with Crippen LogP contribution >= 0.6 is 0 Å². The molecule has 0 saturated carbocycles. The summed E-state index contributed by atoms with van der Waals surface area (Å²) in [5.74, 6) is 0.543. The monoisotopic (exact) mass is 383 g/mol. The number of carbonyl (C=O) groups is 1. The normalized spacial score (nSPS) is 18.5. The zero-order valence-electron chi connectivity index (χ0n) is 17.1. The Kier molecular flexibility index (Phi) is 6.25. The average molecular weight is 383 g/mol. The lowest BCUT2D eigenvalue weighted by molar-refractivity contribution is -0.145. The van der Waals surface area contributed by atoms with E-state index < -0.39 is 12.0 Å². The molecule has 2 aromatic rings. The lowest BCUT2D eigenvalue weighted by Crippen LogP contribution is -2.47. The largest absolute Gasteiger partial charge is 0.493 e. The smallest absolute Gasteiger partial charge is 0.320 e. The molecule has 0 bridgehead atoms. The molecule has 2 atom stereocenters. The summed E-state index contributed by atoms with van der Waals surface area (Å²) in [5, 5.41) is 9.90. The molecule has 1 fully saturated rings. The highest BCUT2D eigenvalue weighted by Gasteiger charge is 2.37. The summed E-state index contributed by atoms with van der Waals surface area (Å²) in [6, 6.07) is 11.4. The van der Waals surface area contributed by atoms with Gasteiger partial charge in [0.2, 0.25) is 0 Å². The van der Waals surface area contributed by atoms with Gasteiger partial charge in [0.25, 0.3) is 0 Å². The Hall–Kier alpha value is -2.53. The predicted molar refractivity (Wildman–Crippen MR) is 109 cm³/mol. The molecule has 2 unspecified atom stereocenters. The molecule has 0 aromatic heterocycles. The number of aryl methyl sites for hydroxylation is 2. The Labute approximate surface area is 166 Å². The van der Waals surface area contributed by atoms with E-state index in [9.17, 15) is 9.90 Å². The molecule has 5 nitrogen and oxygen atoms in total. The van der Waals surface area contributed by atoms with Crippen molar-refractivity contribution in [1.29, 1.82) is 0 Å². The van der Waals surface area contributed by atoms with Gasteiger partial charge in [0.05, 0.1) is 20.3 Å².